The normalized spacial score (nSPS) is 38.5. The molecule has 0 aromatic carbocycles. The zero-order valence-electron chi connectivity index (χ0n) is 5.83. The number of alkyl halides is 1. The third-order valence-corrected chi connectivity index (χ3v) is 1.80. The van der Waals surface area contributed by atoms with Crippen LogP contribution in [0.1, 0.15) is 0 Å². The standard InChI is InChI=1S/C6H10FNO3/c7-4-2-8-1-3(5(4)9)6(10)11/h3-5,8-9H,1-2H2,(H,10,11). The highest BCUT2D eigenvalue weighted by atomic mass is 19.1. The zero-order valence-corrected chi connectivity index (χ0v) is 5.83. The van der Waals surface area contributed by atoms with Crippen LogP contribution in [-0.4, -0.2) is 41.5 Å². The lowest BCUT2D eigenvalue weighted by atomic mass is 9.95. The smallest absolute Gasteiger partial charge is 0.310 e. The minimum Gasteiger partial charge on any atom is -0.481 e. The summed E-state index contributed by atoms with van der Waals surface area (Å²) in [6.45, 7) is 0.169. The first-order valence-corrected chi connectivity index (χ1v) is 3.38. The van der Waals surface area contributed by atoms with Crippen molar-refractivity contribution in [1.29, 1.82) is 0 Å². The lowest BCUT2D eigenvalue weighted by Gasteiger charge is -2.27. The summed E-state index contributed by atoms with van der Waals surface area (Å²) < 4.78 is 12.6. The first-order chi connectivity index (χ1) is 5.13. The van der Waals surface area contributed by atoms with Crippen LogP contribution < -0.4 is 5.32 Å². The molecule has 11 heavy (non-hydrogen) atoms. The minimum atomic E-state index is -1.47. The van der Waals surface area contributed by atoms with Crippen molar-refractivity contribution >= 4 is 5.97 Å². The van der Waals surface area contributed by atoms with Gasteiger partial charge in [0.25, 0.3) is 0 Å². The molecule has 64 valence electrons. The van der Waals surface area contributed by atoms with E-state index in [4.69, 9.17) is 10.2 Å². The summed E-state index contributed by atoms with van der Waals surface area (Å²) in [5.74, 6) is -2.17. The van der Waals surface area contributed by atoms with E-state index in [2.05, 4.69) is 5.32 Å². The Morgan fingerprint density at radius 2 is 2.18 bits per heavy atom. The number of aliphatic hydroxyl groups excluding tert-OH is 1. The highest BCUT2D eigenvalue weighted by Gasteiger charge is 2.36. The maximum Gasteiger partial charge on any atom is 0.310 e. The second kappa shape index (κ2) is 3.15. The van der Waals surface area contributed by atoms with Crippen LogP contribution in [0.25, 0.3) is 0 Å². The van der Waals surface area contributed by atoms with Gasteiger partial charge in [-0.1, -0.05) is 0 Å². The van der Waals surface area contributed by atoms with Gasteiger partial charge in [0, 0.05) is 13.1 Å². The van der Waals surface area contributed by atoms with E-state index >= 15 is 0 Å². The lowest BCUT2D eigenvalue weighted by Crippen LogP contribution is -2.51. The molecule has 3 unspecified atom stereocenters. The van der Waals surface area contributed by atoms with Gasteiger partial charge in [0.05, 0.1) is 5.92 Å². The molecule has 5 heteroatoms. The van der Waals surface area contributed by atoms with E-state index in [-0.39, 0.29) is 13.1 Å². The van der Waals surface area contributed by atoms with Crippen molar-refractivity contribution in [2.75, 3.05) is 13.1 Å². The van der Waals surface area contributed by atoms with Crippen LogP contribution in [-0.2, 0) is 4.79 Å². The fourth-order valence-corrected chi connectivity index (χ4v) is 1.10. The second-order valence-corrected chi connectivity index (χ2v) is 2.61. The van der Waals surface area contributed by atoms with Gasteiger partial charge in [-0.3, -0.25) is 4.79 Å². The highest BCUT2D eigenvalue weighted by Crippen LogP contribution is 2.14. The quantitative estimate of drug-likeness (QED) is 0.463. The van der Waals surface area contributed by atoms with Crippen LogP contribution in [0.3, 0.4) is 0 Å². The summed E-state index contributed by atoms with van der Waals surface area (Å²) in [5, 5.41) is 20.1. The van der Waals surface area contributed by atoms with Crippen LogP contribution in [0.2, 0.25) is 0 Å². The molecule has 1 aliphatic rings. The molecule has 3 N–H and O–H groups in total. The van der Waals surface area contributed by atoms with Crippen molar-refractivity contribution in [3.05, 3.63) is 0 Å². The average Bonchev–Trinajstić information content (AvgIpc) is 1.94. The number of carbonyl (C=O) groups is 1. The number of piperidine rings is 1. The molecular weight excluding hydrogens is 153 g/mol. The predicted octanol–water partition coefficient (Wildman–Crippen LogP) is -1.01. The average molecular weight is 163 g/mol. The molecule has 0 amide bonds. The number of halogens is 1. The summed E-state index contributed by atoms with van der Waals surface area (Å²) in [6.07, 6.45) is -2.83. The van der Waals surface area contributed by atoms with E-state index in [9.17, 15) is 9.18 Å². The van der Waals surface area contributed by atoms with Crippen LogP contribution >= 0.6 is 0 Å². The van der Waals surface area contributed by atoms with E-state index in [0.717, 1.165) is 0 Å². The topological polar surface area (TPSA) is 69.6 Å². The monoisotopic (exact) mass is 163 g/mol. The maximum absolute atomic E-state index is 12.6. The number of nitrogens with one attached hydrogen (secondary N) is 1. The Balaban J connectivity index is 2.58. The molecule has 0 radical (unpaired) electrons. The Bertz CT molecular complexity index is 164. The van der Waals surface area contributed by atoms with E-state index in [1.54, 1.807) is 0 Å². The molecule has 0 spiro atoms. The van der Waals surface area contributed by atoms with Crippen LogP contribution in [0.4, 0.5) is 4.39 Å². The number of rotatable bonds is 1. The van der Waals surface area contributed by atoms with E-state index in [0.29, 0.717) is 0 Å². The summed E-state index contributed by atoms with van der Waals surface area (Å²) in [4.78, 5) is 10.3. The third kappa shape index (κ3) is 1.66. The van der Waals surface area contributed by atoms with E-state index in [1.165, 1.54) is 0 Å². The van der Waals surface area contributed by atoms with Crippen LogP contribution in [0.15, 0.2) is 0 Å². The predicted molar refractivity (Wildman–Crippen MR) is 34.9 cm³/mol. The summed E-state index contributed by atoms with van der Waals surface area (Å²) >= 11 is 0. The largest absolute Gasteiger partial charge is 0.481 e. The SMILES string of the molecule is O=C(O)C1CNCC(F)C1O. The van der Waals surface area contributed by atoms with Crippen molar-refractivity contribution in [2.24, 2.45) is 5.92 Å². The number of aliphatic carboxylic acids is 1. The number of hydrogen-bond donors (Lipinski definition) is 3. The second-order valence-electron chi connectivity index (χ2n) is 2.61. The van der Waals surface area contributed by atoms with Gasteiger partial charge >= 0.3 is 5.97 Å². The molecule has 3 atom stereocenters. The van der Waals surface area contributed by atoms with Gasteiger partial charge in [-0.25, -0.2) is 4.39 Å². The van der Waals surface area contributed by atoms with Gasteiger partial charge in [-0.15, -0.1) is 0 Å². The summed E-state index contributed by atoms with van der Waals surface area (Å²) in [5.41, 5.74) is 0. The van der Waals surface area contributed by atoms with Gasteiger partial charge < -0.3 is 15.5 Å². The molecule has 1 fully saturated rings. The van der Waals surface area contributed by atoms with Crippen LogP contribution in [0, 0.1) is 5.92 Å². The summed E-state index contributed by atoms with van der Waals surface area (Å²) in [6, 6.07) is 0. The fraction of sp³-hybridized carbons (Fsp3) is 0.833. The maximum atomic E-state index is 12.6. The van der Waals surface area contributed by atoms with Gasteiger partial charge in [0.15, 0.2) is 0 Å². The molecule has 0 aliphatic carbocycles. The van der Waals surface area contributed by atoms with E-state index in [1.807, 2.05) is 0 Å². The molecular formula is C6H10FNO3. The van der Waals surface area contributed by atoms with Gasteiger partial charge in [-0.05, 0) is 0 Å². The molecule has 0 bridgehead atoms. The van der Waals surface area contributed by atoms with Crippen molar-refractivity contribution in [3.63, 3.8) is 0 Å². The minimum absolute atomic E-state index is 0.0327. The number of carboxylic acid groups (broad SMARTS) is 1. The molecule has 1 saturated heterocycles. The first kappa shape index (κ1) is 8.42. The summed E-state index contributed by atoms with van der Waals surface area (Å²) in [7, 11) is 0. The Labute approximate surface area is 63.0 Å². The Morgan fingerprint density at radius 1 is 1.55 bits per heavy atom. The lowest BCUT2D eigenvalue weighted by molar-refractivity contribution is -0.148. The number of carboxylic acids is 1. The highest BCUT2D eigenvalue weighted by molar-refractivity contribution is 5.71. The zero-order chi connectivity index (χ0) is 8.43. The molecule has 1 aliphatic heterocycles. The molecule has 1 rings (SSSR count). The Morgan fingerprint density at radius 3 is 2.64 bits per heavy atom. The Hall–Kier alpha value is -0.680. The Kier molecular flexibility index (Phi) is 2.41. The number of aliphatic hydroxyl groups is 1. The molecule has 0 aromatic rings. The molecule has 0 saturated carbocycles. The van der Waals surface area contributed by atoms with Crippen molar-refractivity contribution < 1.29 is 19.4 Å². The molecule has 4 nitrogen and oxygen atoms in total. The van der Waals surface area contributed by atoms with Gasteiger partial charge in [0.2, 0.25) is 0 Å². The first-order valence-electron chi connectivity index (χ1n) is 3.38. The van der Waals surface area contributed by atoms with Gasteiger partial charge in [0.1, 0.15) is 12.3 Å². The third-order valence-electron chi connectivity index (χ3n) is 1.80. The van der Waals surface area contributed by atoms with Crippen molar-refractivity contribution in [2.45, 2.75) is 12.3 Å². The fourth-order valence-electron chi connectivity index (χ4n) is 1.10. The molecule has 1 heterocycles. The van der Waals surface area contributed by atoms with Gasteiger partial charge in [-0.2, -0.15) is 0 Å². The van der Waals surface area contributed by atoms with Crippen LogP contribution in [0.5, 0.6) is 0 Å². The van der Waals surface area contributed by atoms with Crippen molar-refractivity contribution in [3.8, 4) is 0 Å². The van der Waals surface area contributed by atoms with E-state index < -0.39 is 24.2 Å². The van der Waals surface area contributed by atoms with Crippen molar-refractivity contribution in [1.82, 2.24) is 5.32 Å². The molecule has 0 aromatic heterocycles. The number of hydrogen-bond acceptors (Lipinski definition) is 3.